The van der Waals surface area contributed by atoms with E-state index in [0.717, 1.165) is 12.1 Å². The highest BCUT2D eigenvalue weighted by atomic mass is 19.4. The Morgan fingerprint density at radius 1 is 1.07 bits per heavy atom. The molecule has 7 heteroatoms. The molecule has 3 rings (SSSR count). The summed E-state index contributed by atoms with van der Waals surface area (Å²) in [6.07, 6.45) is -4.10. The van der Waals surface area contributed by atoms with Crippen LogP contribution in [0.5, 0.6) is 0 Å². The van der Waals surface area contributed by atoms with Gasteiger partial charge in [0, 0.05) is 5.92 Å². The number of hydrogen-bond donors (Lipinski definition) is 2. The highest BCUT2D eigenvalue weighted by molar-refractivity contribution is 5.84. The first-order valence-corrected chi connectivity index (χ1v) is 8.50. The smallest absolute Gasteiger partial charge is 0.416 e. The molecule has 0 aliphatic heterocycles. The van der Waals surface area contributed by atoms with Crippen molar-refractivity contribution < 1.29 is 27.9 Å². The Bertz CT molecular complexity index is 819. The lowest BCUT2D eigenvalue weighted by molar-refractivity contribution is -0.138. The van der Waals surface area contributed by atoms with Gasteiger partial charge in [-0.05, 0) is 35.6 Å². The van der Waals surface area contributed by atoms with Crippen LogP contribution < -0.4 is 5.32 Å². The van der Waals surface area contributed by atoms with Crippen LogP contribution in [0.4, 0.5) is 13.2 Å². The third-order valence-electron chi connectivity index (χ3n) is 4.69. The second-order valence-electron chi connectivity index (χ2n) is 6.64. The van der Waals surface area contributed by atoms with E-state index < -0.39 is 23.8 Å². The van der Waals surface area contributed by atoms with Gasteiger partial charge in [0.25, 0.3) is 0 Å². The fraction of sp³-hybridized carbons (Fsp3) is 0.300. The molecule has 1 amide bonds. The SMILES string of the molecule is O=C(O)CC(NC(=O)C1CC1c1ccc(C(F)(F)F)cc1)c1ccccc1. The molecule has 0 radical (unpaired) electrons. The molecule has 0 heterocycles. The number of hydrogen-bond acceptors (Lipinski definition) is 2. The van der Waals surface area contributed by atoms with Gasteiger partial charge in [-0.3, -0.25) is 9.59 Å². The van der Waals surface area contributed by atoms with Gasteiger partial charge in [0.05, 0.1) is 18.0 Å². The summed E-state index contributed by atoms with van der Waals surface area (Å²) in [6, 6.07) is 13.0. The summed E-state index contributed by atoms with van der Waals surface area (Å²) in [4.78, 5) is 23.6. The highest BCUT2D eigenvalue weighted by Crippen LogP contribution is 2.48. The maximum absolute atomic E-state index is 12.6. The molecular weight excluding hydrogens is 359 g/mol. The van der Waals surface area contributed by atoms with Crippen molar-refractivity contribution in [3.8, 4) is 0 Å². The predicted molar refractivity (Wildman–Crippen MR) is 91.9 cm³/mol. The molecule has 142 valence electrons. The van der Waals surface area contributed by atoms with Gasteiger partial charge in [-0.2, -0.15) is 13.2 Å². The lowest BCUT2D eigenvalue weighted by Crippen LogP contribution is -2.31. The number of benzene rings is 2. The number of carbonyl (C=O) groups is 2. The number of rotatable bonds is 6. The van der Waals surface area contributed by atoms with Crippen molar-refractivity contribution in [2.75, 3.05) is 0 Å². The number of carboxylic acids is 1. The van der Waals surface area contributed by atoms with Gasteiger partial charge in [0.15, 0.2) is 0 Å². The number of nitrogens with one attached hydrogen (secondary N) is 1. The number of carbonyl (C=O) groups excluding carboxylic acids is 1. The van der Waals surface area contributed by atoms with E-state index in [1.807, 2.05) is 0 Å². The molecule has 27 heavy (non-hydrogen) atoms. The van der Waals surface area contributed by atoms with Crippen LogP contribution in [0.25, 0.3) is 0 Å². The Hall–Kier alpha value is -2.83. The van der Waals surface area contributed by atoms with Gasteiger partial charge in [-0.25, -0.2) is 0 Å². The zero-order chi connectivity index (χ0) is 19.6. The lowest BCUT2D eigenvalue weighted by atomic mass is 10.0. The standard InChI is InChI=1S/C20H18F3NO3/c21-20(22,23)14-8-6-12(7-9-14)15-10-16(15)19(27)24-17(11-18(25)26)13-4-2-1-3-5-13/h1-9,15-17H,10-11H2,(H,24,27)(H,25,26). The molecule has 2 N–H and O–H groups in total. The largest absolute Gasteiger partial charge is 0.481 e. The second-order valence-corrected chi connectivity index (χ2v) is 6.64. The molecule has 0 spiro atoms. The first-order valence-electron chi connectivity index (χ1n) is 8.50. The minimum Gasteiger partial charge on any atom is -0.481 e. The zero-order valence-electron chi connectivity index (χ0n) is 14.2. The molecule has 1 fully saturated rings. The van der Waals surface area contributed by atoms with Crippen LogP contribution in [0.3, 0.4) is 0 Å². The first-order chi connectivity index (χ1) is 12.8. The lowest BCUT2D eigenvalue weighted by Gasteiger charge is -2.17. The number of halogens is 3. The monoisotopic (exact) mass is 377 g/mol. The summed E-state index contributed by atoms with van der Waals surface area (Å²) < 4.78 is 37.9. The van der Waals surface area contributed by atoms with Crippen molar-refractivity contribution >= 4 is 11.9 Å². The van der Waals surface area contributed by atoms with E-state index in [4.69, 9.17) is 5.11 Å². The summed E-state index contributed by atoms with van der Waals surface area (Å²) >= 11 is 0. The van der Waals surface area contributed by atoms with Gasteiger partial charge in [0.2, 0.25) is 5.91 Å². The third-order valence-corrected chi connectivity index (χ3v) is 4.69. The maximum atomic E-state index is 12.6. The average molecular weight is 377 g/mol. The molecule has 0 saturated heterocycles. The van der Waals surface area contributed by atoms with E-state index in [0.29, 0.717) is 17.5 Å². The fourth-order valence-electron chi connectivity index (χ4n) is 3.16. The molecule has 1 aliphatic carbocycles. The molecule has 2 aromatic carbocycles. The number of alkyl halides is 3. The molecule has 3 atom stereocenters. The van der Waals surface area contributed by atoms with Crippen LogP contribution in [0.15, 0.2) is 54.6 Å². The van der Waals surface area contributed by atoms with Gasteiger partial charge in [-0.15, -0.1) is 0 Å². The minimum atomic E-state index is -4.39. The van der Waals surface area contributed by atoms with Crippen LogP contribution in [-0.2, 0) is 15.8 Å². The summed E-state index contributed by atoms with van der Waals surface area (Å²) in [7, 11) is 0. The number of aliphatic carboxylic acids is 1. The first kappa shape index (κ1) is 18.9. The van der Waals surface area contributed by atoms with Crippen molar-refractivity contribution in [3.63, 3.8) is 0 Å². The number of carboxylic acid groups (broad SMARTS) is 1. The van der Waals surface area contributed by atoms with E-state index in [1.54, 1.807) is 30.3 Å². The molecule has 0 aromatic heterocycles. The minimum absolute atomic E-state index is 0.145. The average Bonchev–Trinajstić information content (AvgIpc) is 3.42. The summed E-state index contributed by atoms with van der Waals surface area (Å²) in [5, 5.41) is 11.9. The Morgan fingerprint density at radius 2 is 1.70 bits per heavy atom. The topological polar surface area (TPSA) is 66.4 Å². The summed E-state index contributed by atoms with van der Waals surface area (Å²) in [6.45, 7) is 0. The van der Waals surface area contributed by atoms with E-state index in [1.165, 1.54) is 12.1 Å². The Kier molecular flexibility index (Phi) is 5.21. The Balaban J connectivity index is 1.65. The third kappa shape index (κ3) is 4.67. The molecule has 1 aliphatic rings. The van der Waals surface area contributed by atoms with Crippen molar-refractivity contribution in [2.45, 2.75) is 31.0 Å². The molecule has 1 saturated carbocycles. The highest BCUT2D eigenvalue weighted by Gasteiger charge is 2.44. The Morgan fingerprint density at radius 3 is 2.26 bits per heavy atom. The molecule has 2 aromatic rings. The van der Waals surface area contributed by atoms with Gasteiger partial charge in [0.1, 0.15) is 0 Å². The quantitative estimate of drug-likeness (QED) is 0.795. The van der Waals surface area contributed by atoms with Crippen molar-refractivity contribution in [2.24, 2.45) is 5.92 Å². The Labute approximate surface area is 154 Å². The van der Waals surface area contributed by atoms with Gasteiger partial charge < -0.3 is 10.4 Å². The fourth-order valence-corrected chi connectivity index (χ4v) is 3.16. The molecule has 3 unspecified atom stereocenters. The van der Waals surface area contributed by atoms with Gasteiger partial charge >= 0.3 is 12.1 Å². The number of amides is 1. The van der Waals surface area contributed by atoms with E-state index >= 15 is 0 Å². The van der Waals surface area contributed by atoms with Crippen LogP contribution in [0.1, 0.15) is 41.5 Å². The molecule has 4 nitrogen and oxygen atoms in total. The van der Waals surface area contributed by atoms with Crippen molar-refractivity contribution in [1.82, 2.24) is 5.32 Å². The zero-order valence-corrected chi connectivity index (χ0v) is 14.2. The van der Waals surface area contributed by atoms with Crippen LogP contribution in [0, 0.1) is 5.92 Å². The van der Waals surface area contributed by atoms with Crippen molar-refractivity contribution in [1.29, 1.82) is 0 Å². The van der Waals surface area contributed by atoms with Gasteiger partial charge in [-0.1, -0.05) is 42.5 Å². The van der Waals surface area contributed by atoms with Crippen LogP contribution >= 0.6 is 0 Å². The van der Waals surface area contributed by atoms with Crippen LogP contribution in [0.2, 0.25) is 0 Å². The molecule has 0 bridgehead atoms. The normalized spacial score (nSPS) is 20.0. The van der Waals surface area contributed by atoms with Crippen LogP contribution in [-0.4, -0.2) is 17.0 Å². The summed E-state index contributed by atoms with van der Waals surface area (Å²) in [5.41, 5.74) is 0.649. The van der Waals surface area contributed by atoms with E-state index in [9.17, 15) is 22.8 Å². The molecular formula is C20H18F3NO3. The predicted octanol–water partition coefficient (Wildman–Crippen LogP) is 4.14. The van der Waals surface area contributed by atoms with Crippen molar-refractivity contribution in [3.05, 3.63) is 71.3 Å². The van der Waals surface area contributed by atoms with E-state index in [-0.39, 0.29) is 24.2 Å². The van der Waals surface area contributed by atoms with E-state index in [2.05, 4.69) is 5.32 Å². The second kappa shape index (κ2) is 7.42. The summed E-state index contributed by atoms with van der Waals surface area (Å²) in [5.74, 6) is -1.82. The maximum Gasteiger partial charge on any atom is 0.416 e.